The molecule has 2 aromatic rings. The van der Waals surface area contributed by atoms with Crippen molar-refractivity contribution in [1.29, 1.82) is 0 Å². The highest BCUT2D eigenvalue weighted by atomic mass is 35.5. The summed E-state index contributed by atoms with van der Waals surface area (Å²) in [5.74, 6) is -1.09. The highest BCUT2D eigenvalue weighted by Gasteiger charge is 2.35. The second-order valence-electron chi connectivity index (χ2n) is 4.51. The summed E-state index contributed by atoms with van der Waals surface area (Å²) in [5.41, 5.74) is 1.86. The molecular weight excluding hydrogens is 327 g/mol. The van der Waals surface area contributed by atoms with E-state index in [9.17, 15) is 18.0 Å². The molecular formula is C12H7ClF3N3O3. The first-order chi connectivity index (χ1) is 10.3. The molecule has 1 aromatic heterocycles. The Kier molecular flexibility index (Phi) is 3.17. The van der Waals surface area contributed by atoms with Gasteiger partial charge in [0.2, 0.25) is 0 Å². The lowest BCUT2D eigenvalue weighted by Crippen LogP contribution is -2.18. The summed E-state index contributed by atoms with van der Waals surface area (Å²) in [4.78, 5) is 19.6. The quantitative estimate of drug-likeness (QED) is 0.883. The maximum atomic E-state index is 12.8. The van der Waals surface area contributed by atoms with E-state index in [-0.39, 0.29) is 29.5 Å². The third kappa shape index (κ3) is 2.43. The fraction of sp³-hybridized carbons (Fsp3) is 0.167. The minimum atomic E-state index is -4.60. The number of carboxylic acid groups (broad SMARTS) is 1. The number of halogens is 4. The molecule has 0 fully saturated rings. The Morgan fingerprint density at radius 1 is 1.45 bits per heavy atom. The summed E-state index contributed by atoms with van der Waals surface area (Å²) in [6.45, 7) is 0. The molecule has 0 atom stereocenters. The highest BCUT2D eigenvalue weighted by Crippen LogP contribution is 2.40. The van der Waals surface area contributed by atoms with Gasteiger partial charge in [-0.25, -0.2) is 5.48 Å². The normalized spacial score (nSPS) is 12.9. The molecule has 6 nitrogen and oxygen atoms in total. The number of carbonyl (C=O) groups is 1. The molecule has 2 heterocycles. The van der Waals surface area contributed by atoms with Crippen LogP contribution < -0.4 is 10.3 Å². The van der Waals surface area contributed by atoms with Gasteiger partial charge in [0.1, 0.15) is 0 Å². The predicted octanol–water partition coefficient (Wildman–Crippen LogP) is 2.89. The van der Waals surface area contributed by atoms with Crippen molar-refractivity contribution in [2.75, 3.05) is 5.48 Å². The van der Waals surface area contributed by atoms with Crippen molar-refractivity contribution in [3.8, 4) is 11.7 Å². The van der Waals surface area contributed by atoms with E-state index in [0.29, 0.717) is 0 Å². The molecule has 0 radical (unpaired) electrons. The van der Waals surface area contributed by atoms with Crippen molar-refractivity contribution in [2.45, 2.75) is 12.6 Å². The zero-order chi connectivity index (χ0) is 16.1. The number of nitrogens with one attached hydrogen (secondary N) is 1. The molecule has 10 heteroatoms. The Hall–Kier alpha value is -2.42. The lowest BCUT2D eigenvalue weighted by atomic mass is 10.1. The van der Waals surface area contributed by atoms with Crippen LogP contribution in [0.15, 0.2) is 18.3 Å². The molecule has 0 unspecified atom stereocenters. The number of rotatable bonds is 2. The lowest BCUT2D eigenvalue weighted by Gasteiger charge is -2.21. The molecule has 0 bridgehead atoms. The van der Waals surface area contributed by atoms with E-state index >= 15 is 0 Å². The Morgan fingerprint density at radius 2 is 2.18 bits per heavy atom. The van der Waals surface area contributed by atoms with Crippen LogP contribution in [-0.4, -0.2) is 20.6 Å². The van der Waals surface area contributed by atoms with E-state index in [2.05, 4.69) is 10.5 Å². The van der Waals surface area contributed by atoms with Crippen LogP contribution in [0.25, 0.3) is 5.69 Å². The molecule has 0 saturated heterocycles. The van der Waals surface area contributed by atoms with Gasteiger partial charge in [-0.3, -0.25) is 9.36 Å². The third-order valence-corrected chi connectivity index (χ3v) is 3.27. The fourth-order valence-electron chi connectivity index (χ4n) is 2.06. The maximum Gasteiger partial charge on any atom is 0.417 e. The van der Waals surface area contributed by atoms with Gasteiger partial charge in [-0.1, -0.05) is 11.6 Å². The number of anilines is 1. The van der Waals surface area contributed by atoms with Gasteiger partial charge < -0.3 is 9.94 Å². The monoisotopic (exact) mass is 333 g/mol. The van der Waals surface area contributed by atoms with E-state index in [1.54, 1.807) is 0 Å². The van der Waals surface area contributed by atoms with Gasteiger partial charge in [0.15, 0.2) is 0 Å². The third-order valence-electron chi connectivity index (χ3n) is 2.96. The molecule has 0 amide bonds. The van der Waals surface area contributed by atoms with Crippen molar-refractivity contribution in [3.05, 3.63) is 34.6 Å². The highest BCUT2D eigenvalue weighted by molar-refractivity contribution is 6.31. The van der Waals surface area contributed by atoms with Crippen molar-refractivity contribution in [2.24, 2.45) is 0 Å². The first-order valence-corrected chi connectivity index (χ1v) is 6.27. The summed E-state index contributed by atoms with van der Waals surface area (Å²) < 4.78 is 39.8. The minimum absolute atomic E-state index is 0.0135. The van der Waals surface area contributed by atoms with Gasteiger partial charge in [-0.05, 0) is 12.1 Å². The Labute approximate surface area is 126 Å². The first-order valence-electron chi connectivity index (χ1n) is 5.90. The molecule has 0 saturated carbocycles. The summed E-state index contributed by atoms with van der Waals surface area (Å²) in [7, 11) is 0. The standard InChI is InChI=1S/C12H7ClF3N3O3/c13-7-3-9-8(2-6(7)12(14,15)16)18-22-11-17-5(1-10(20)21)4-19(9)11/h2-4,18H,1H2,(H,20,21). The zero-order valence-corrected chi connectivity index (χ0v) is 11.4. The van der Waals surface area contributed by atoms with Crippen LogP contribution in [0.1, 0.15) is 11.3 Å². The number of hydrogen-bond acceptors (Lipinski definition) is 4. The molecule has 2 N–H and O–H groups in total. The van der Waals surface area contributed by atoms with Crippen LogP contribution in [0.5, 0.6) is 6.01 Å². The fourth-order valence-corrected chi connectivity index (χ4v) is 2.32. The number of aromatic nitrogens is 2. The summed E-state index contributed by atoms with van der Waals surface area (Å²) >= 11 is 5.69. The van der Waals surface area contributed by atoms with Crippen molar-refractivity contribution in [1.82, 2.24) is 9.55 Å². The summed E-state index contributed by atoms with van der Waals surface area (Å²) in [6.07, 6.45) is -3.57. The van der Waals surface area contributed by atoms with Gasteiger partial charge in [0.25, 0.3) is 0 Å². The van der Waals surface area contributed by atoms with E-state index in [4.69, 9.17) is 21.5 Å². The molecule has 0 aliphatic carbocycles. The Morgan fingerprint density at radius 3 is 2.82 bits per heavy atom. The Bertz CT molecular complexity index is 773. The van der Waals surface area contributed by atoms with Crippen molar-refractivity contribution in [3.63, 3.8) is 0 Å². The van der Waals surface area contributed by atoms with Gasteiger partial charge in [-0.15, -0.1) is 0 Å². The molecule has 22 heavy (non-hydrogen) atoms. The average molecular weight is 334 g/mol. The Balaban J connectivity index is 2.09. The number of nitrogens with zero attached hydrogens (tertiary/aromatic N) is 2. The second-order valence-corrected chi connectivity index (χ2v) is 4.91. The number of aliphatic carboxylic acids is 1. The number of alkyl halides is 3. The molecule has 0 spiro atoms. The lowest BCUT2D eigenvalue weighted by molar-refractivity contribution is -0.138. The van der Waals surface area contributed by atoms with Gasteiger partial charge >= 0.3 is 18.2 Å². The topological polar surface area (TPSA) is 76.4 Å². The number of hydrogen-bond donors (Lipinski definition) is 2. The van der Waals surface area contributed by atoms with Crippen LogP contribution in [-0.2, 0) is 17.4 Å². The molecule has 1 aliphatic rings. The molecule has 1 aliphatic heterocycles. The van der Waals surface area contributed by atoms with Crippen LogP contribution in [0.3, 0.4) is 0 Å². The van der Waals surface area contributed by atoms with Crippen molar-refractivity contribution >= 4 is 23.3 Å². The predicted molar refractivity (Wildman–Crippen MR) is 69.2 cm³/mol. The van der Waals surface area contributed by atoms with E-state index in [1.807, 2.05) is 0 Å². The summed E-state index contributed by atoms with van der Waals surface area (Å²) in [5, 5.41) is 8.26. The zero-order valence-electron chi connectivity index (χ0n) is 10.6. The minimum Gasteiger partial charge on any atom is -0.481 e. The first kappa shape index (κ1) is 14.5. The maximum absolute atomic E-state index is 12.8. The summed E-state index contributed by atoms with van der Waals surface area (Å²) in [6, 6.07) is 1.95. The van der Waals surface area contributed by atoms with Gasteiger partial charge in [0, 0.05) is 6.20 Å². The number of imidazole rings is 1. The van der Waals surface area contributed by atoms with E-state index in [1.165, 1.54) is 10.8 Å². The van der Waals surface area contributed by atoms with Crippen LogP contribution >= 0.6 is 11.6 Å². The van der Waals surface area contributed by atoms with Crippen LogP contribution in [0.2, 0.25) is 5.02 Å². The average Bonchev–Trinajstić information content (AvgIpc) is 2.78. The van der Waals surface area contributed by atoms with E-state index in [0.717, 1.165) is 12.1 Å². The van der Waals surface area contributed by atoms with Gasteiger partial charge in [0.05, 0.1) is 34.1 Å². The second kappa shape index (κ2) is 4.80. The number of benzene rings is 1. The smallest absolute Gasteiger partial charge is 0.417 e. The largest absolute Gasteiger partial charge is 0.481 e. The number of carboxylic acids is 1. The SMILES string of the molecule is O=C(O)Cc1cn2c(n1)ONc1cc(C(F)(F)F)c(Cl)cc1-2. The van der Waals surface area contributed by atoms with E-state index < -0.39 is 22.7 Å². The molecule has 3 rings (SSSR count). The van der Waals surface area contributed by atoms with Gasteiger partial charge in [-0.2, -0.15) is 18.2 Å². The van der Waals surface area contributed by atoms with Crippen LogP contribution in [0, 0.1) is 0 Å². The van der Waals surface area contributed by atoms with Crippen LogP contribution in [0.4, 0.5) is 18.9 Å². The molecule has 116 valence electrons. The molecule has 1 aromatic carbocycles. The van der Waals surface area contributed by atoms with Crippen molar-refractivity contribution < 1.29 is 27.9 Å². The number of fused-ring (bicyclic) bond motifs is 3.